The molecule has 3 aromatic carbocycles. The molecule has 5 heteroatoms. The molecular formula is C26H29N3O2. The lowest BCUT2D eigenvalue weighted by atomic mass is 10.0. The SMILES string of the molecule is CN(Cc1ccccc1)C(=O)[C@H](Cc1ccc2ccccc2c1)NC(=O)[C@@H]1CCCN1. The van der Waals surface area contributed by atoms with Crippen LogP contribution in [0.25, 0.3) is 10.8 Å². The van der Waals surface area contributed by atoms with E-state index >= 15 is 0 Å². The van der Waals surface area contributed by atoms with E-state index in [4.69, 9.17) is 0 Å². The minimum absolute atomic E-state index is 0.0802. The Balaban J connectivity index is 1.53. The molecule has 2 N–H and O–H groups in total. The van der Waals surface area contributed by atoms with Crippen LogP contribution in [0.1, 0.15) is 24.0 Å². The molecule has 1 saturated heterocycles. The largest absolute Gasteiger partial charge is 0.343 e. The fourth-order valence-corrected chi connectivity index (χ4v) is 4.18. The second kappa shape index (κ2) is 9.75. The summed E-state index contributed by atoms with van der Waals surface area (Å²) >= 11 is 0. The third-order valence-electron chi connectivity index (χ3n) is 5.88. The lowest BCUT2D eigenvalue weighted by Gasteiger charge is -2.26. The van der Waals surface area contributed by atoms with Gasteiger partial charge in [-0.15, -0.1) is 0 Å². The second-order valence-corrected chi connectivity index (χ2v) is 8.28. The topological polar surface area (TPSA) is 61.4 Å². The highest BCUT2D eigenvalue weighted by atomic mass is 16.2. The maximum absolute atomic E-state index is 13.4. The molecule has 0 unspecified atom stereocenters. The van der Waals surface area contributed by atoms with Crippen molar-refractivity contribution in [2.24, 2.45) is 0 Å². The van der Waals surface area contributed by atoms with Gasteiger partial charge in [0.15, 0.2) is 0 Å². The van der Waals surface area contributed by atoms with Crippen LogP contribution in [0, 0.1) is 0 Å². The summed E-state index contributed by atoms with van der Waals surface area (Å²) in [6.45, 7) is 1.35. The van der Waals surface area contributed by atoms with Crippen LogP contribution < -0.4 is 10.6 Å². The summed E-state index contributed by atoms with van der Waals surface area (Å²) in [5.74, 6) is -0.173. The monoisotopic (exact) mass is 415 g/mol. The Kier molecular flexibility index (Phi) is 6.63. The molecule has 4 rings (SSSR count). The van der Waals surface area contributed by atoms with Crippen LogP contribution in [-0.2, 0) is 22.6 Å². The highest BCUT2D eigenvalue weighted by Gasteiger charge is 2.29. The van der Waals surface area contributed by atoms with Gasteiger partial charge in [0, 0.05) is 20.0 Å². The normalized spacial score (nSPS) is 16.7. The number of fused-ring (bicyclic) bond motifs is 1. The molecule has 0 aromatic heterocycles. The maximum Gasteiger partial charge on any atom is 0.245 e. The van der Waals surface area contributed by atoms with Crippen molar-refractivity contribution in [3.05, 3.63) is 83.9 Å². The quantitative estimate of drug-likeness (QED) is 0.623. The van der Waals surface area contributed by atoms with E-state index in [9.17, 15) is 9.59 Å². The highest BCUT2D eigenvalue weighted by molar-refractivity contribution is 5.90. The summed E-state index contributed by atoms with van der Waals surface area (Å²) in [5.41, 5.74) is 2.09. The Labute approximate surface area is 183 Å². The summed E-state index contributed by atoms with van der Waals surface area (Å²) in [7, 11) is 1.79. The van der Waals surface area contributed by atoms with Gasteiger partial charge in [-0.25, -0.2) is 0 Å². The first-order valence-electron chi connectivity index (χ1n) is 10.9. The zero-order valence-electron chi connectivity index (χ0n) is 17.9. The van der Waals surface area contributed by atoms with E-state index in [0.29, 0.717) is 13.0 Å². The molecule has 0 aliphatic carbocycles. The molecule has 1 fully saturated rings. The maximum atomic E-state index is 13.4. The van der Waals surface area contributed by atoms with Crippen molar-refractivity contribution >= 4 is 22.6 Å². The van der Waals surface area contributed by atoms with E-state index in [2.05, 4.69) is 34.9 Å². The first-order valence-corrected chi connectivity index (χ1v) is 10.9. The van der Waals surface area contributed by atoms with Crippen molar-refractivity contribution < 1.29 is 9.59 Å². The Bertz CT molecular complexity index is 1040. The smallest absolute Gasteiger partial charge is 0.245 e. The van der Waals surface area contributed by atoms with Crippen LogP contribution >= 0.6 is 0 Å². The van der Waals surface area contributed by atoms with Crippen LogP contribution in [0.4, 0.5) is 0 Å². The summed E-state index contributed by atoms with van der Waals surface area (Å²) in [6.07, 6.45) is 2.25. The summed E-state index contributed by atoms with van der Waals surface area (Å²) in [5, 5.41) is 8.54. The number of hydrogen-bond donors (Lipinski definition) is 2. The molecule has 1 aliphatic heterocycles. The first-order chi connectivity index (χ1) is 15.1. The Morgan fingerprint density at radius 1 is 1.00 bits per heavy atom. The van der Waals surface area contributed by atoms with Crippen molar-refractivity contribution in [3.63, 3.8) is 0 Å². The highest BCUT2D eigenvalue weighted by Crippen LogP contribution is 2.18. The average molecular weight is 416 g/mol. The number of amides is 2. The van der Waals surface area contributed by atoms with E-state index in [1.54, 1.807) is 11.9 Å². The van der Waals surface area contributed by atoms with Gasteiger partial charge < -0.3 is 15.5 Å². The molecule has 3 aromatic rings. The number of hydrogen-bond acceptors (Lipinski definition) is 3. The molecule has 0 saturated carbocycles. The summed E-state index contributed by atoms with van der Waals surface area (Å²) in [4.78, 5) is 27.9. The van der Waals surface area contributed by atoms with Gasteiger partial charge in [-0.2, -0.15) is 0 Å². The molecule has 2 amide bonds. The first kappa shape index (κ1) is 21.1. The van der Waals surface area contributed by atoms with Gasteiger partial charge in [-0.05, 0) is 41.3 Å². The van der Waals surface area contributed by atoms with Gasteiger partial charge >= 0.3 is 0 Å². The van der Waals surface area contributed by atoms with Crippen LogP contribution in [0.15, 0.2) is 72.8 Å². The number of benzene rings is 3. The van der Waals surface area contributed by atoms with Crippen molar-refractivity contribution in [2.75, 3.05) is 13.6 Å². The Morgan fingerprint density at radius 3 is 2.48 bits per heavy atom. The molecule has 0 bridgehead atoms. The average Bonchev–Trinajstić information content (AvgIpc) is 3.34. The predicted octanol–water partition coefficient (Wildman–Crippen LogP) is 3.28. The fourth-order valence-electron chi connectivity index (χ4n) is 4.18. The third-order valence-corrected chi connectivity index (χ3v) is 5.88. The Hall–Kier alpha value is -3.18. The summed E-state index contributed by atoms with van der Waals surface area (Å²) in [6, 6.07) is 23.5. The zero-order valence-corrected chi connectivity index (χ0v) is 17.9. The van der Waals surface area contributed by atoms with Crippen LogP contribution in [-0.4, -0.2) is 42.4 Å². The lowest BCUT2D eigenvalue weighted by Crippen LogP contribution is -2.52. The van der Waals surface area contributed by atoms with E-state index in [-0.39, 0.29) is 17.9 Å². The minimum atomic E-state index is -0.607. The molecule has 160 valence electrons. The molecule has 31 heavy (non-hydrogen) atoms. The van der Waals surface area contributed by atoms with E-state index in [0.717, 1.165) is 41.3 Å². The molecule has 1 aliphatic rings. The third kappa shape index (κ3) is 5.30. The Morgan fingerprint density at radius 2 is 1.74 bits per heavy atom. The molecule has 0 radical (unpaired) electrons. The van der Waals surface area contributed by atoms with Crippen LogP contribution in [0.3, 0.4) is 0 Å². The number of nitrogens with one attached hydrogen (secondary N) is 2. The summed E-state index contributed by atoms with van der Waals surface area (Å²) < 4.78 is 0. The number of nitrogens with zero attached hydrogens (tertiary/aromatic N) is 1. The number of carbonyl (C=O) groups is 2. The van der Waals surface area contributed by atoms with Gasteiger partial charge in [0.1, 0.15) is 6.04 Å². The lowest BCUT2D eigenvalue weighted by molar-refractivity contribution is -0.136. The zero-order chi connectivity index (χ0) is 21.6. The minimum Gasteiger partial charge on any atom is -0.343 e. The number of likely N-dealkylation sites (N-methyl/N-ethyl adjacent to an activating group) is 1. The molecule has 2 atom stereocenters. The molecular weight excluding hydrogens is 386 g/mol. The molecule has 1 heterocycles. The van der Waals surface area contributed by atoms with Gasteiger partial charge in [0.05, 0.1) is 6.04 Å². The van der Waals surface area contributed by atoms with Crippen molar-refractivity contribution in [2.45, 2.75) is 37.9 Å². The second-order valence-electron chi connectivity index (χ2n) is 8.28. The standard InChI is InChI=1S/C26H29N3O2/c1-29(18-19-8-3-2-4-9-19)26(31)24(28-25(30)23-12-7-15-27-23)17-20-13-14-21-10-5-6-11-22(21)16-20/h2-6,8-11,13-14,16,23-24,27H,7,12,15,17-18H2,1H3,(H,28,30)/t23-,24-/m0/s1. The predicted molar refractivity (Wildman–Crippen MR) is 124 cm³/mol. The number of carbonyl (C=O) groups excluding carboxylic acids is 2. The van der Waals surface area contributed by atoms with Gasteiger partial charge in [0.25, 0.3) is 0 Å². The van der Waals surface area contributed by atoms with Gasteiger partial charge in [-0.3, -0.25) is 9.59 Å². The van der Waals surface area contributed by atoms with Gasteiger partial charge in [0.2, 0.25) is 11.8 Å². The van der Waals surface area contributed by atoms with E-state index in [1.807, 2.05) is 48.5 Å². The van der Waals surface area contributed by atoms with E-state index < -0.39 is 6.04 Å². The molecule has 0 spiro atoms. The fraction of sp³-hybridized carbons (Fsp3) is 0.308. The molecule has 5 nitrogen and oxygen atoms in total. The van der Waals surface area contributed by atoms with Crippen molar-refractivity contribution in [1.82, 2.24) is 15.5 Å². The van der Waals surface area contributed by atoms with Crippen molar-refractivity contribution in [3.8, 4) is 0 Å². The number of rotatable bonds is 7. The van der Waals surface area contributed by atoms with Crippen molar-refractivity contribution in [1.29, 1.82) is 0 Å². The van der Waals surface area contributed by atoms with E-state index in [1.165, 1.54) is 0 Å². The van der Waals surface area contributed by atoms with Crippen LogP contribution in [0.2, 0.25) is 0 Å². The van der Waals surface area contributed by atoms with Crippen LogP contribution in [0.5, 0.6) is 0 Å². The van der Waals surface area contributed by atoms with Gasteiger partial charge in [-0.1, -0.05) is 72.8 Å².